The molecule has 0 N–H and O–H groups in total. The van der Waals surface area contributed by atoms with Gasteiger partial charge in [-0.2, -0.15) is 0 Å². The molecule has 0 unspecified atom stereocenters. The number of thioether (sulfide) groups is 1. The van der Waals surface area contributed by atoms with Crippen LogP contribution in [0.3, 0.4) is 0 Å². The minimum absolute atomic E-state index is 0.0272. The van der Waals surface area contributed by atoms with Crippen LogP contribution in [-0.4, -0.2) is 22.7 Å². The molecule has 0 aliphatic rings. The lowest BCUT2D eigenvalue weighted by Crippen LogP contribution is -1.75. The van der Waals surface area contributed by atoms with Crippen LogP contribution in [0.5, 0.6) is 0 Å². The van der Waals surface area contributed by atoms with E-state index < -0.39 is 0 Å². The van der Waals surface area contributed by atoms with E-state index in [-0.39, 0.29) is 5.89 Å². The van der Waals surface area contributed by atoms with Crippen LogP contribution in [0.2, 0.25) is 0 Å². The second-order valence-electron chi connectivity index (χ2n) is 1.23. The molecule has 0 bridgehead atoms. The summed E-state index contributed by atoms with van der Waals surface area (Å²) in [4.78, 5) is 9.93. The quantitative estimate of drug-likeness (QED) is 0.449. The molecule has 0 aromatic carbocycles. The van der Waals surface area contributed by atoms with Crippen molar-refractivity contribution in [2.24, 2.45) is 0 Å². The SMILES string of the molecule is CSc1nnc(C=O)o1. The molecule has 0 atom stereocenters. The van der Waals surface area contributed by atoms with E-state index >= 15 is 0 Å². The number of aldehydes is 1. The normalized spacial score (nSPS) is 9.44. The minimum Gasteiger partial charge on any atom is -0.409 e. The van der Waals surface area contributed by atoms with Crippen molar-refractivity contribution in [1.29, 1.82) is 0 Å². The molecule has 0 saturated heterocycles. The second-order valence-corrected chi connectivity index (χ2v) is 1.99. The van der Waals surface area contributed by atoms with Crippen LogP contribution in [0.15, 0.2) is 9.64 Å². The minimum atomic E-state index is 0.0272. The lowest BCUT2D eigenvalue weighted by atomic mass is 10.8. The van der Waals surface area contributed by atoms with Gasteiger partial charge in [0.15, 0.2) is 0 Å². The Balaban J connectivity index is 2.86. The Kier molecular flexibility index (Phi) is 1.84. The molecule has 0 saturated carbocycles. The molecule has 0 amide bonds. The zero-order chi connectivity index (χ0) is 6.69. The fourth-order valence-corrected chi connectivity index (χ4v) is 0.642. The first-order chi connectivity index (χ1) is 4.36. The standard InChI is InChI=1S/C4H4N2O2S/c1-9-4-6-5-3(2-7)8-4/h2H,1H3. The largest absolute Gasteiger partial charge is 0.409 e. The van der Waals surface area contributed by atoms with E-state index in [1.165, 1.54) is 11.8 Å². The summed E-state index contributed by atoms with van der Waals surface area (Å²) in [7, 11) is 0. The van der Waals surface area contributed by atoms with E-state index in [4.69, 9.17) is 4.42 Å². The van der Waals surface area contributed by atoms with Crippen LogP contribution >= 0.6 is 11.8 Å². The van der Waals surface area contributed by atoms with Crippen molar-refractivity contribution < 1.29 is 9.21 Å². The third kappa shape index (κ3) is 1.29. The summed E-state index contributed by atoms with van der Waals surface area (Å²) in [6.07, 6.45) is 2.31. The van der Waals surface area contributed by atoms with Crippen molar-refractivity contribution in [2.45, 2.75) is 5.22 Å². The van der Waals surface area contributed by atoms with Gasteiger partial charge >= 0.3 is 0 Å². The predicted octanol–water partition coefficient (Wildman–Crippen LogP) is 0.604. The highest BCUT2D eigenvalue weighted by Crippen LogP contribution is 2.09. The average Bonchev–Trinajstić information content (AvgIpc) is 2.34. The molecular formula is C4H4N2O2S. The van der Waals surface area contributed by atoms with Crippen molar-refractivity contribution in [1.82, 2.24) is 10.2 Å². The Labute approximate surface area is 55.6 Å². The average molecular weight is 144 g/mol. The first kappa shape index (κ1) is 6.28. The Morgan fingerprint density at radius 2 is 2.44 bits per heavy atom. The van der Waals surface area contributed by atoms with Crippen LogP contribution in [0.25, 0.3) is 0 Å². The summed E-state index contributed by atoms with van der Waals surface area (Å²) in [5.74, 6) is 0.0272. The third-order valence-electron chi connectivity index (χ3n) is 0.698. The van der Waals surface area contributed by atoms with Crippen LogP contribution < -0.4 is 0 Å². The van der Waals surface area contributed by atoms with E-state index in [2.05, 4.69) is 10.2 Å². The molecule has 48 valence electrons. The molecule has 0 radical (unpaired) electrons. The first-order valence-corrected chi connectivity index (χ1v) is 3.42. The van der Waals surface area contributed by atoms with Crippen molar-refractivity contribution in [2.75, 3.05) is 6.26 Å². The fraction of sp³-hybridized carbons (Fsp3) is 0.250. The third-order valence-corrected chi connectivity index (χ3v) is 1.21. The molecular weight excluding hydrogens is 140 g/mol. The number of carbonyl (C=O) groups excluding carboxylic acids is 1. The number of hydrogen-bond donors (Lipinski definition) is 0. The highest BCUT2D eigenvalue weighted by molar-refractivity contribution is 7.98. The summed E-state index contributed by atoms with van der Waals surface area (Å²) in [6, 6.07) is 0. The monoisotopic (exact) mass is 144 g/mol. The summed E-state index contributed by atoms with van der Waals surface area (Å²) in [5, 5.41) is 7.33. The van der Waals surface area contributed by atoms with E-state index in [0.717, 1.165) is 0 Å². The fourth-order valence-electron chi connectivity index (χ4n) is 0.351. The first-order valence-electron chi connectivity index (χ1n) is 2.19. The molecule has 1 rings (SSSR count). The maximum atomic E-state index is 9.93. The zero-order valence-corrected chi connectivity index (χ0v) is 5.51. The smallest absolute Gasteiger partial charge is 0.281 e. The summed E-state index contributed by atoms with van der Waals surface area (Å²) in [6.45, 7) is 0. The number of nitrogens with zero attached hydrogens (tertiary/aromatic N) is 2. The lowest BCUT2D eigenvalue weighted by molar-refractivity contribution is 0.109. The van der Waals surface area contributed by atoms with Crippen molar-refractivity contribution in [3.63, 3.8) is 0 Å². The van der Waals surface area contributed by atoms with Gasteiger partial charge in [0.1, 0.15) is 0 Å². The molecule has 1 heterocycles. The Morgan fingerprint density at radius 1 is 1.67 bits per heavy atom. The molecule has 1 aromatic heterocycles. The molecule has 4 nitrogen and oxygen atoms in total. The van der Waals surface area contributed by atoms with Gasteiger partial charge in [0.2, 0.25) is 6.29 Å². The topological polar surface area (TPSA) is 56.0 Å². The second kappa shape index (κ2) is 2.63. The van der Waals surface area contributed by atoms with Gasteiger partial charge in [0.25, 0.3) is 11.1 Å². The Hall–Kier alpha value is -0.840. The number of rotatable bonds is 2. The van der Waals surface area contributed by atoms with E-state index in [0.29, 0.717) is 11.5 Å². The highest BCUT2D eigenvalue weighted by Gasteiger charge is 2.00. The molecule has 0 aliphatic carbocycles. The van der Waals surface area contributed by atoms with Crippen LogP contribution in [-0.2, 0) is 0 Å². The molecule has 5 heteroatoms. The van der Waals surface area contributed by atoms with Gasteiger partial charge in [-0.25, -0.2) is 0 Å². The van der Waals surface area contributed by atoms with Gasteiger partial charge < -0.3 is 4.42 Å². The van der Waals surface area contributed by atoms with E-state index in [9.17, 15) is 4.79 Å². The highest BCUT2D eigenvalue weighted by atomic mass is 32.2. The maximum Gasteiger partial charge on any atom is 0.281 e. The van der Waals surface area contributed by atoms with Crippen LogP contribution in [0.4, 0.5) is 0 Å². The predicted molar refractivity (Wildman–Crippen MR) is 31.5 cm³/mol. The zero-order valence-electron chi connectivity index (χ0n) is 4.70. The van der Waals surface area contributed by atoms with Gasteiger partial charge in [0, 0.05) is 0 Å². The van der Waals surface area contributed by atoms with E-state index in [1.54, 1.807) is 6.26 Å². The van der Waals surface area contributed by atoms with Crippen LogP contribution in [0, 0.1) is 0 Å². The Morgan fingerprint density at radius 3 is 2.78 bits per heavy atom. The van der Waals surface area contributed by atoms with Crippen molar-refractivity contribution in [3.05, 3.63) is 5.89 Å². The van der Waals surface area contributed by atoms with Gasteiger partial charge in [-0.15, -0.1) is 10.2 Å². The van der Waals surface area contributed by atoms with Gasteiger partial charge in [-0.1, -0.05) is 11.8 Å². The summed E-state index contributed by atoms with van der Waals surface area (Å²) in [5.41, 5.74) is 0. The number of carbonyl (C=O) groups is 1. The summed E-state index contributed by atoms with van der Waals surface area (Å²) < 4.78 is 4.75. The molecule has 0 spiro atoms. The van der Waals surface area contributed by atoms with E-state index in [1.807, 2.05) is 0 Å². The number of hydrogen-bond acceptors (Lipinski definition) is 5. The van der Waals surface area contributed by atoms with Crippen molar-refractivity contribution >= 4 is 18.0 Å². The van der Waals surface area contributed by atoms with Gasteiger partial charge in [-0.3, -0.25) is 4.79 Å². The molecule has 9 heavy (non-hydrogen) atoms. The van der Waals surface area contributed by atoms with Crippen molar-refractivity contribution in [3.8, 4) is 0 Å². The Bertz CT molecular complexity index is 210. The molecule has 1 aromatic rings. The van der Waals surface area contributed by atoms with Gasteiger partial charge in [0.05, 0.1) is 0 Å². The number of aromatic nitrogens is 2. The van der Waals surface area contributed by atoms with Crippen LogP contribution in [0.1, 0.15) is 10.7 Å². The van der Waals surface area contributed by atoms with Gasteiger partial charge in [-0.05, 0) is 6.26 Å². The lowest BCUT2D eigenvalue weighted by Gasteiger charge is -1.76. The maximum absolute atomic E-state index is 9.93. The molecule has 0 aliphatic heterocycles. The molecule has 0 fully saturated rings. The summed E-state index contributed by atoms with van der Waals surface area (Å²) >= 11 is 1.31.